The van der Waals surface area contributed by atoms with E-state index in [1.165, 1.54) is 0 Å². The Morgan fingerprint density at radius 3 is 2.41 bits per heavy atom. The van der Waals surface area contributed by atoms with Crippen molar-refractivity contribution in [2.24, 2.45) is 0 Å². The van der Waals surface area contributed by atoms with Crippen LogP contribution in [0.25, 0.3) is 22.5 Å². The highest BCUT2D eigenvalue weighted by Crippen LogP contribution is 2.29. The highest BCUT2D eigenvalue weighted by atomic mass is 19.4. The first kappa shape index (κ1) is 21.3. The molecule has 10 heteroatoms. The summed E-state index contributed by atoms with van der Waals surface area (Å²) in [5.74, 6) is -2.06. The van der Waals surface area contributed by atoms with Gasteiger partial charge in [0.15, 0.2) is 5.69 Å². The van der Waals surface area contributed by atoms with Crippen LogP contribution in [0.15, 0.2) is 65.3 Å². The van der Waals surface area contributed by atoms with Crippen molar-refractivity contribution in [1.29, 1.82) is 0 Å². The van der Waals surface area contributed by atoms with Gasteiger partial charge in [-0.3, -0.25) is 4.68 Å². The Kier molecular flexibility index (Phi) is 5.76. The van der Waals surface area contributed by atoms with Crippen molar-refractivity contribution in [1.82, 2.24) is 19.9 Å². The first-order chi connectivity index (χ1) is 15.3. The highest BCUT2D eigenvalue weighted by Gasteiger charge is 2.38. The van der Waals surface area contributed by atoms with E-state index in [9.17, 15) is 18.0 Å². The van der Waals surface area contributed by atoms with Crippen molar-refractivity contribution in [3.05, 3.63) is 77.9 Å². The van der Waals surface area contributed by atoms with Gasteiger partial charge in [0, 0.05) is 17.3 Å². The zero-order valence-electron chi connectivity index (χ0n) is 16.8. The number of carbonyl (C=O) groups excluding carboxylic acids is 1. The molecule has 0 radical (unpaired) electrons. The number of rotatable bonds is 6. The molecule has 4 aromatic rings. The summed E-state index contributed by atoms with van der Waals surface area (Å²) in [5, 5.41) is 7.77. The van der Waals surface area contributed by atoms with Crippen LogP contribution in [-0.2, 0) is 17.5 Å². The van der Waals surface area contributed by atoms with Gasteiger partial charge in [-0.1, -0.05) is 59.8 Å². The number of ether oxygens (including phenoxy) is 1. The molecular formula is C22H17F3N4O3. The number of benzene rings is 2. The molecule has 2 aromatic heterocycles. The maximum absolute atomic E-state index is 12.6. The Hall–Kier alpha value is -3.95. The standard InChI is InChI=1S/C22H17F3N4O3/c1-2-31-20(30)18-17(15-6-4-3-5-7-15)13-29(27-18)12-14-8-10-16(11-9-14)19-26-21(32-28-19)22(23,24)25/h3-11,13H,2,12H2,1H3. The molecule has 0 amide bonds. The first-order valence-electron chi connectivity index (χ1n) is 9.65. The molecule has 0 spiro atoms. The smallest absolute Gasteiger partial charge is 0.461 e. The molecule has 2 aromatic carbocycles. The van der Waals surface area contributed by atoms with Crippen LogP contribution in [-0.4, -0.2) is 32.5 Å². The van der Waals surface area contributed by atoms with Crippen LogP contribution >= 0.6 is 0 Å². The van der Waals surface area contributed by atoms with Crippen molar-refractivity contribution >= 4 is 5.97 Å². The van der Waals surface area contributed by atoms with Gasteiger partial charge in [0.1, 0.15) is 0 Å². The summed E-state index contributed by atoms with van der Waals surface area (Å²) in [6.45, 7) is 2.28. The van der Waals surface area contributed by atoms with E-state index in [0.29, 0.717) is 17.7 Å². The molecule has 0 bridgehead atoms. The van der Waals surface area contributed by atoms with E-state index in [0.717, 1.165) is 11.1 Å². The maximum Gasteiger partial charge on any atom is 0.471 e. The van der Waals surface area contributed by atoms with Crippen molar-refractivity contribution < 1.29 is 27.2 Å². The Morgan fingerprint density at radius 2 is 1.78 bits per heavy atom. The molecule has 0 fully saturated rings. The summed E-state index contributed by atoms with van der Waals surface area (Å²) in [7, 11) is 0. The summed E-state index contributed by atoms with van der Waals surface area (Å²) >= 11 is 0. The fourth-order valence-corrected chi connectivity index (χ4v) is 3.08. The second-order valence-corrected chi connectivity index (χ2v) is 6.79. The van der Waals surface area contributed by atoms with E-state index in [4.69, 9.17) is 4.74 Å². The van der Waals surface area contributed by atoms with E-state index in [-0.39, 0.29) is 18.1 Å². The summed E-state index contributed by atoms with van der Waals surface area (Å²) in [6, 6.07) is 16.0. The molecule has 0 atom stereocenters. The van der Waals surface area contributed by atoms with Crippen molar-refractivity contribution in [3.63, 3.8) is 0 Å². The summed E-state index contributed by atoms with van der Waals surface area (Å²) in [6.07, 6.45) is -2.94. The van der Waals surface area contributed by atoms with Crippen LogP contribution in [0, 0.1) is 0 Å². The van der Waals surface area contributed by atoms with Gasteiger partial charge in [-0.2, -0.15) is 23.3 Å². The van der Waals surface area contributed by atoms with E-state index >= 15 is 0 Å². The quantitative estimate of drug-likeness (QED) is 0.397. The van der Waals surface area contributed by atoms with E-state index in [1.807, 2.05) is 30.3 Å². The lowest BCUT2D eigenvalue weighted by molar-refractivity contribution is -0.159. The van der Waals surface area contributed by atoms with E-state index < -0.39 is 18.0 Å². The number of aromatic nitrogens is 4. The van der Waals surface area contributed by atoms with Crippen LogP contribution < -0.4 is 0 Å². The number of hydrogen-bond acceptors (Lipinski definition) is 6. The van der Waals surface area contributed by atoms with Gasteiger partial charge in [-0.05, 0) is 18.1 Å². The predicted molar refractivity (Wildman–Crippen MR) is 107 cm³/mol. The predicted octanol–water partition coefficient (Wildman–Crippen LogP) is 4.84. The lowest BCUT2D eigenvalue weighted by Crippen LogP contribution is -2.08. The third-order valence-electron chi connectivity index (χ3n) is 4.54. The first-order valence-corrected chi connectivity index (χ1v) is 9.65. The molecule has 0 N–H and O–H groups in total. The minimum Gasteiger partial charge on any atom is -0.461 e. The highest BCUT2D eigenvalue weighted by molar-refractivity contribution is 5.95. The zero-order valence-corrected chi connectivity index (χ0v) is 16.8. The van der Waals surface area contributed by atoms with Crippen LogP contribution in [0.2, 0.25) is 0 Å². The van der Waals surface area contributed by atoms with Crippen LogP contribution in [0.5, 0.6) is 0 Å². The number of nitrogens with zero attached hydrogens (tertiary/aromatic N) is 4. The van der Waals surface area contributed by atoms with Gasteiger partial charge < -0.3 is 9.26 Å². The number of carbonyl (C=O) groups is 1. The molecular weight excluding hydrogens is 425 g/mol. The fraction of sp³-hybridized carbons (Fsp3) is 0.182. The largest absolute Gasteiger partial charge is 0.471 e. The fourth-order valence-electron chi connectivity index (χ4n) is 3.08. The number of halogens is 3. The molecule has 32 heavy (non-hydrogen) atoms. The molecule has 0 saturated heterocycles. The molecule has 7 nitrogen and oxygen atoms in total. The molecule has 0 unspecified atom stereocenters. The topological polar surface area (TPSA) is 83.0 Å². The van der Waals surface area contributed by atoms with E-state index in [2.05, 4.69) is 19.8 Å². The van der Waals surface area contributed by atoms with Crippen LogP contribution in [0.4, 0.5) is 13.2 Å². The molecule has 2 heterocycles. The molecule has 4 rings (SSSR count). The lowest BCUT2D eigenvalue weighted by atomic mass is 10.1. The summed E-state index contributed by atoms with van der Waals surface area (Å²) < 4.78 is 48.9. The minimum absolute atomic E-state index is 0.154. The van der Waals surface area contributed by atoms with Gasteiger partial charge in [0.2, 0.25) is 5.82 Å². The normalized spacial score (nSPS) is 11.5. The molecule has 0 aliphatic rings. The van der Waals surface area contributed by atoms with Crippen molar-refractivity contribution in [2.75, 3.05) is 6.61 Å². The second kappa shape index (κ2) is 8.66. The number of esters is 1. The average molecular weight is 442 g/mol. The van der Waals surface area contributed by atoms with Crippen LogP contribution in [0.1, 0.15) is 28.9 Å². The molecule has 0 aliphatic carbocycles. The summed E-state index contributed by atoms with van der Waals surface area (Å²) in [5.41, 5.74) is 2.87. The van der Waals surface area contributed by atoms with Crippen molar-refractivity contribution in [3.8, 4) is 22.5 Å². The molecule has 0 aliphatic heterocycles. The van der Waals surface area contributed by atoms with Gasteiger partial charge in [0.05, 0.1) is 13.2 Å². The van der Waals surface area contributed by atoms with Crippen molar-refractivity contribution in [2.45, 2.75) is 19.6 Å². The Balaban J connectivity index is 1.57. The minimum atomic E-state index is -4.70. The van der Waals surface area contributed by atoms with Gasteiger partial charge in [-0.15, -0.1) is 0 Å². The molecule has 0 saturated carbocycles. The Morgan fingerprint density at radius 1 is 1.06 bits per heavy atom. The molecule has 164 valence electrons. The zero-order chi connectivity index (χ0) is 22.7. The Labute approximate surface area is 180 Å². The van der Waals surface area contributed by atoms with Gasteiger partial charge >= 0.3 is 18.0 Å². The summed E-state index contributed by atoms with van der Waals surface area (Å²) in [4.78, 5) is 15.8. The third-order valence-corrected chi connectivity index (χ3v) is 4.54. The average Bonchev–Trinajstić information content (AvgIpc) is 3.43. The van der Waals surface area contributed by atoms with E-state index in [1.54, 1.807) is 42.1 Å². The number of hydrogen-bond donors (Lipinski definition) is 0. The second-order valence-electron chi connectivity index (χ2n) is 6.79. The maximum atomic E-state index is 12.6. The van der Waals surface area contributed by atoms with Gasteiger partial charge in [0.25, 0.3) is 0 Å². The monoisotopic (exact) mass is 442 g/mol. The Bertz CT molecular complexity index is 1220. The third kappa shape index (κ3) is 4.53. The van der Waals surface area contributed by atoms with Crippen LogP contribution in [0.3, 0.4) is 0 Å². The lowest BCUT2D eigenvalue weighted by Gasteiger charge is -2.03. The SMILES string of the molecule is CCOC(=O)c1nn(Cc2ccc(-c3noc(C(F)(F)F)n3)cc2)cc1-c1ccccc1. The number of alkyl halides is 3. The van der Waals surface area contributed by atoms with Gasteiger partial charge in [-0.25, -0.2) is 4.79 Å².